The number of rotatable bonds is 28. The summed E-state index contributed by atoms with van der Waals surface area (Å²) in [6, 6.07) is 10.1. The third-order valence-electron chi connectivity index (χ3n) is 14.2. The van der Waals surface area contributed by atoms with Crippen molar-refractivity contribution in [3.63, 3.8) is 0 Å². The molecule has 4 N–H and O–H groups in total. The number of nitrogens with one attached hydrogen (secondary N) is 4. The van der Waals surface area contributed by atoms with Crippen molar-refractivity contribution in [2.75, 3.05) is 51.9 Å². The zero-order valence-electron chi connectivity index (χ0n) is 45.7. The summed E-state index contributed by atoms with van der Waals surface area (Å²) in [4.78, 5) is 74.7. The van der Waals surface area contributed by atoms with Gasteiger partial charge in [-0.25, -0.2) is 24.0 Å². The minimum absolute atomic E-state index is 0.0108. The number of carbonyl (C=O) groups excluding carboxylic acids is 6. The molecule has 0 spiro atoms. The highest BCUT2D eigenvalue weighted by Crippen LogP contribution is 2.47. The van der Waals surface area contributed by atoms with Crippen LogP contribution in [0.1, 0.15) is 152 Å². The maximum atomic E-state index is 13.2. The number of esters is 1. The van der Waals surface area contributed by atoms with Crippen LogP contribution in [-0.4, -0.2) is 100 Å². The van der Waals surface area contributed by atoms with Gasteiger partial charge in [-0.1, -0.05) is 113 Å². The Bertz CT molecular complexity index is 1970. The molecule has 0 aliphatic heterocycles. The van der Waals surface area contributed by atoms with Crippen molar-refractivity contribution in [2.24, 2.45) is 38.4 Å². The number of allylic oxidation sites excluding steroid dienone is 1. The second kappa shape index (κ2) is 28.1. The Kier molecular flexibility index (Phi) is 24.0. The van der Waals surface area contributed by atoms with Crippen LogP contribution >= 0.6 is 11.8 Å². The van der Waals surface area contributed by atoms with Gasteiger partial charge in [0.25, 0.3) is 0 Å². The van der Waals surface area contributed by atoms with Crippen LogP contribution in [0, 0.1) is 38.4 Å². The first-order valence-corrected chi connectivity index (χ1v) is 27.0. The first-order valence-electron chi connectivity index (χ1n) is 25.8. The van der Waals surface area contributed by atoms with Crippen LogP contribution in [0.2, 0.25) is 0 Å². The molecule has 0 heterocycles. The van der Waals surface area contributed by atoms with Gasteiger partial charge < -0.3 is 45.0 Å². The lowest BCUT2D eigenvalue weighted by Crippen LogP contribution is -2.50. The van der Waals surface area contributed by atoms with Crippen LogP contribution in [0.5, 0.6) is 0 Å². The van der Waals surface area contributed by atoms with Gasteiger partial charge in [-0.15, -0.1) is 0 Å². The fourth-order valence-electron chi connectivity index (χ4n) is 11.1. The number of benzene rings is 1. The number of ether oxygens (including phenoxy) is 5. The van der Waals surface area contributed by atoms with Gasteiger partial charge in [-0.05, 0) is 127 Å². The Hall–Kier alpha value is -4.73. The van der Waals surface area contributed by atoms with E-state index in [-0.39, 0.29) is 101 Å². The molecule has 406 valence electrons. The summed E-state index contributed by atoms with van der Waals surface area (Å²) in [5.74, 6) is 1.46. The molecule has 2 aliphatic rings. The van der Waals surface area contributed by atoms with Gasteiger partial charge in [-0.2, -0.15) is 11.8 Å². The van der Waals surface area contributed by atoms with E-state index in [1.807, 2.05) is 17.8 Å². The first kappa shape index (κ1) is 61.6. The predicted octanol–water partition coefficient (Wildman–Crippen LogP) is 11.5. The van der Waals surface area contributed by atoms with Crippen molar-refractivity contribution in [1.82, 2.24) is 21.3 Å². The zero-order chi connectivity index (χ0) is 53.8. The number of ketones is 1. The summed E-state index contributed by atoms with van der Waals surface area (Å²) in [7, 11) is 0. The molecule has 0 bridgehead atoms. The fourth-order valence-corrected chi connectivity index (χ4v) is 12.2. The van der Waals surface area contributed by atoms with Crippen LogP contribution in [-0.2, 0) is 39.0 Å². The van der Waals surface area contributed by atoms with Crippen molar-refractivity contribution in [2.45, 2.75) is 165 Å². The smallest absolute Gasteiger partial charge is 0.407 e. The lowest BCUT2D eigenvalue weighted by Gasteiger charge is -2.46. The SMILES string of the molecule is C=CC(=O)CCOC(=O)NC1CC(C)(C)CC(C)(CNC(=O)OCCC(C)(C)CC(CCSCc2ccccc2)C(C)(C)CCOC(=O)NCC2(C)CC(NC(=O)OCCOC(=O)C(=C)C)CC(C)(C)C2)C1. The van der Waals surface area contributed by atoms with Gasteiger partial charge in [0.15, 0.2) is 5.78 Å². The molecule has 15 nitrogen and oxygen atoms in total. The summed E-state index contributed by atoms with van der Waals surface area (Å²) in [6.07, 6.45) is 6.91. The van der Waals surface area contributed by atoms with E-state index < -0.39 is 30.3 Å². The van der Waals surface area contributed by atoms with Gasteiger partial charge in [-0.3, -0.25) is 4.79 Å². The molecule has 1 aromatic carbocycles. The third kappa shape index (κ3) is 23.9. The van der Waals surface area contributed by atoms with Crippen LogP contribution in [0.3, 0.4) is 0 Å². The van der Waals surface area contributed by atoms with Gasteiger partial charge in [0, 0.05) is 42.9 Å². The summed E-state index contributed by atoms with van der Waals surface area (Å²) < 4.78 is 27.2. The van der Waals surface area contributed by atoms with E-state index in [9.17, 15) is 28.8 Å². The largest absolute Gasteiger partial charge is 0.459 e. The average Bonchev–Trinajstić information content (AvgIpc) is 3.26. The Labute approximate surface area is 435 Å². The van der Waals surface area contributed by atoms with Crippen molar-refractivity contribution < 1.29 is 52.5 Å². The monoisotopic (exact) mass is 1030 g/mol. The van der Waals surface area contributed by atoms with E-state index in [2.05, 4.69) is 128 Å². The quantitative estimate of drug-likeness (QED) is 0.0269. The maximum Gasteiger partial charge on any atom is 0.407 e. The highest BCUT2D eigenvalue weighted by molar-refractivity contribution is 7.98. The number of carbonyl (C=O) groups is 6. The molecule has 16 heteroatoms. The Morgan fingerprint density at radius 3 is 1.69 bits per heavy atom. The van der Waals surface area contributed by atoms with Crippen LogP contribution < -0.4 is 21.3 Å². The van der Waals surface area contributed by atoms with Crippen molar-refractivity contribution in [3.8, 4) is 0 Å². The average molecular weight is 1030 g/mol. The topological polar surface area (TPSA) is 197 Å². The van der Waals surface area contributed by atoms with Gasteiger partial charge >= 0.3 is 30.3 Å². The van der Waals surface area contributed by atoms with Crippen molar-refractivity contribution in [1.29, 1.82) is 0 Å². The van der Waals surface area contributed by atoms with E-state index in [1.54, 1.807) is 6.92 Å². The minimum Gasteiger partial charge on any atom is -0.459 e. The number of hydrogen-bond donors (Lipinski definition) is 4. The molecule has 0 radical (unpaired) electrons. The number of alkyl carbamates (subject to hydrolysis) is 4. The summed E-state index contributed by atoms with van der Waals surface area (Å²) in [5, 5.41) is 12.0. The van der Waals surface area contributed by atoms with Crippen LogP contribution in [0.4, 0.5) is 19.2 Å². The van der Waals surface area contributed by atoms with Gasteiger partial charge in [0.2, 0.25) is 0 Å². The molecule has 5 atom stereocenters. The van der Waals surface area contributed by atoms with Gasteiger partial charge in [0.05, 0.1) is 13.2 Å². The normalized spacial score (nSPS) is 21.9. The maximum absolute atomic E-state index is 13.2. The Morgan fingerprint density at radius 1 is 0.694 bits per heavy atom. The predicted molar refractivity (Wildman–Crippen MR) is 284 cm³/mol. The van der Waals surface area contributed by atoms with Crippen molar-refractivity contribution in [3.05, 3.63) is 60.7 Å². The second-order valence-corrected chi connectivity index (χ2v) is 25.4. The van der Waals surface area contributed by atoms with E-state index >= 15 is 0 Å². The minimum atomic E-state index is -0.580. The van der Waals surface area contributed by atoms with E-state index in [0.29, 0.717) is 38.8 Å². The van der Waals surface area contributed by atoms with Crippen LogP contribution in [0.15, 0.2) is 55.1 Å². The molecule has 5 unspecified atom stereocenters. The molecule has 4 amide bonds. The molecule has 0 saturated heterocycles. The summed E-state index contributed by atoms with van der Waals surface area (Å²) in [5.41, 5.74) is 0.413. The molecular weight excluding hydrogens is 937 g/mol. The second-order valence-electron chi connectivity index (χ2n) is 24.3. The van der Waals surface area contributed by atoms with Crippen molar-refractivity contribution >= 4 is 47.9 Å². The Balaban J connectivity index is 1.52. The molecule has 3 rings (SSSR count). The highest BCUT2D eigenvalue weighted by atomic mass is 32.2. The van der Waals surface area contributed by atoms with E-state index in [1.165, 1.54) is 11.6 Å². The third-order valence-corrected chi connectivity index (χ3v) is 15.2. The first-order chi connectivity index (χ1) is 33.5. The standard InChI is InChI=1S/C56H90N4O11S/c1-14-45(61)20-24-68-49(65)59-43-31-52(6,7)36-55(12,33-43)38-57-47(63)69-25-22-51(4,5)30-42(21-29-72-35-41-18-16-15-17-19-41)54(10,11)23-26-70-48(64)58-39-56(13)34-44(32-53(8,9)37-56)60-50(66)71-28-27-67-46(62)40(2)3/h14-19,42-44H,1-2,20-39H2,3-13H3,(H,57,63)(H,58,64)(H,59,65)(H,60,66). The molecular formula is C56H90N4O11S. The van der Waals surface area contributed by atoms with E-state index in [0.717, 1.165) is 50.0 Å². The molecule has 0 aromatic heterocycles. The highest BCUT2D eigenvalue weighted by Gasteiger charge is 2.44. The molecule has 2 saturated carbocycles. The number of hydrogen-bond acceptors (Lipinski definition) is 12. The number of amides is 4. The van der Waals surface area contributed by atoms with Crippen LogP contribution in [0.25, 0.3) is 0 Å². The molecule has 2 fully saturated rings. The van der Waals surface area contributed by atoms with Gasteiger partial charge in [0.1, 0.15) is 19.8 Å². The zero-order valence-corrected chi connectivity index (χ0v) is 46.5. The molecule has 72 heavy (non-hydrogen) atoms. The Morgan fingerprint density at radius 2 is 1.18 bits per heavy atom. The lowest BCUT2D eigenvalue weighted by molar-refractivity contribution is -0.140. The molecule has 2 aliphatic carbocycles. The number of thioether (sulfide) groups is 1. The fraction of sp³-hybridized carbons (Fsp3) is 0.714. The summed E-state index contributed by atoms with van der Waals surface area (Å²) >= 11 is 1.92. The van der Waals surface area contributed by atoms with E-state index in [4.69, 9.17) is 23.7 Å². The molecule has 1 aromatic rings. The summed E-state index contributed by atoms with van der Waals surface area (Å²) in [6.45, 7) is 31.5. The lowest BCUT2D eigenvalue weighted by atomic mass is 9.62.